The molecule has 1 unspecified atom stereocenters. The molecule has 1 heterocycles. The van der Waals surface area contributed by atoms with Crippen LogP contribution in [0.4, 0.5) is 0 Å². The molecule has 1 aromatic carbocycles. The zero-order valence-electron chi connectivity index (χ0n) is 11.9. The van der Waals surface area contributed by atoms with E-state index in [4.69, 9.17) is 5.14 Å². The highest BCUT2D eigenvalue weighted by Crippen LogP contribution is 2.15. The normalized spacial score (nSPS) is 13.2. The van der Waals surface area contributed by atoms with Gasteiger partial charge in [0.1, 0.15) is 0 Å². The topological polar surface area (TPSA) is 90.0 Å². The van der Waals surface area contributed by atoms with Crippen LogP contribution in [-0.2, 0) is 16.6 Å². The van der Waals surface area contributed by atoms with Gasteiger partial charge in [-0.2, -0.15) is 5.10 Å². The van der Waals surface area contributed by atoms with E-state index in [1.54, 1.807) is 18.3 Å². The Bertz CT molecular complexity index is 651. The molecule has 0 fully saturated rings. The number of primary sulfonamides is 1. The first-order chi connectivity index (χ1) is 9.97. The van der Waals surface area contributed by atoms with Crippen molar-refractivity contribution in [2.45, 2.75) is 30.8 Å². The molecule has 0 bridgehead atoms. The van der Waals surface area contributed by atoms with Gasteiger partial charge in [-0.05, 0) is 43.7 Å². The maximum atomic E-state index is 11.2. The summed E-state index contributed by atoms with van der Waals surface area (Å²) in [4.78, 5) is 0.136. The summed E-state index contributed by atoms with van der Waals surface area (Å²) in [5.41, 5.74) is 1.03. The van der Waals surface area contributed by atoms with Crippen LogP contribution in [0.2, 0.25) is 0 Å². The van der Waals surface area contributed by atoms with E-state index in [1.807, 2.05) is 23.9 Å². The molecule has 1 atom stereocenters. The monoisotopic (exact) mass is 308 g/mol. The third-order valence-corrected chi connectivity index (χ3v) is 4.21. The van der Waals surface area contributed by atoms with Crippen LogP contribution in [0.3, 0.4) is 0 Å². The van der Waals surface area contributed by atoms with Crippen LogP contribution in [0.1, 0.15) is 24.9 Å². The Morgan fingerprint density at radius 3 is 2.62 bits per heavy atom. The predicted octanol–water partition coefficient (Wildman–Crippen LogP) is 1.27. The summed E-state index contributed by atoms with van der Waals surface area (Å²) in [6.07, 6.45) is 4.68. The lowest BCUT2D eigenvalue weighted by atomic mass is 10.1. The minimum atomic E-state index is -3.62. The van der Waals surface area contributed by atoms with Gasteiger partial charge in [-0.1, -0.05) is 12.1 Å². The molecule has 1 aromatic heterocycles. The second kappa shape index (κ2) is 6.84. The van der Waals surface area contributed by atoms with Gasteiger partial charge in [-0.25, -0.2) is 13.6 Å². The lowest BCUT2D eigenvalue weighted by Crippen LogP contribution is -2.21. The standard InChI is InChI=1S/C14H20N4O2S/c1-12(16-8-2-10-18-11-3-9-17-18)13-4-6-14(7-5-13)21(15,19)20/h3-7,9,11-12,16H,2,8,10H2,1H3,(H2,15,19,20). The first-order valence-electron chi connectivity index (χ1n) is 6.80. The Morgan fingerprint density at radius 2 is 2.05 bits per heavy atom. The second-order valence-corrected chi connectivity index (χ2v) is 6.47. The van der Waals surface area contributed by atoms with Gasteiger partial charge in [0.2, 0.25) is 10.0 Å². The van der Waals surface area contributed by atoms with Gasteiger partial charge in [-0.15, -0.1) is 0 Å². The second-order valence-electron chi connectivity index (χ2n) is 4.91. The molecular formula is C14H20N4O2S. The number of benzene rings is 1. The van der Waals surface area contributed by atoms with E-state index in [0.29, 0.717) is 0 Å². The van der Waals surface area contributed by atoms with E-state index < -0.39 is 10.0 Å². The summed E-state index contributed by atoms with van der Waals surface area (Å²) in [7, 11) is -3.62. The van der Waals surface area contributed by atoms with Crippen molar-refractivity contribution in [3.8, 4) is 0 Å². The molecule has 114 valence electrons. The number of nitrogens with two attached hydrogens (primary N) is 1. The number of sulfonamides is 1. The molecule has 2 rings (SSSR count). The molecule has 7 heteroatoms. The Kier molecular flexibility index (Phi) is 5.11. The predicted molar refractivity (Wildman–Crippen MR) is 81.1 cm³/mol. The van der Waals surface area contributed by atoms with Crippen molar-refractivity contribution < 1.29 is 8.42 Å². The number of aromatic nitrogens is 2. The molecule has 6 nitrogen and oxygen atoms in total. The number of hydrogen-bond donors (Lipinski definition) is 2. The average molecular weight is 308 g/mol. The molecule has 0 aliphatic carbocycles. The zero-order valence-corrected chi connectivity index (χ0v) is 12.8. The fraction of sp³-hybridized carbons (Fsp3) is 0.357. The molecule has 0 aliphatic heterocycles. The molecule has 21 heavy (non-hydrogen) atoms. The Labute approximate surface area is 125 Å². The van der Waals surface area contributed by atoms with Crippen molar-refractivity contribution in [3.05, 3.63) is 48.3 Å². The molecule has 0 spiro atoms. The average Bonchev–Trinajstić information content (AvgIpc) is 2.96. The Morgan fingerprint density at radius 1 is 1.33 bits per heavy atom. The van der Waals surface area contributed by atoms with Gasteiger partial charge in [0, 0.05) is 25.0 Å². The van der Waals surface area contributed by atoms with Crippen LogP contribution in [0, 0.1) is 0 Å². The maximum absolute atomic E-state index is 11.2. The van der Waals surface area contributed by atoms with Crippen LogP contribution < -0.4 is 10.5 Å². The zero-order chi connectivity index (χ0) is 15.3. The molecule has 2 aromatic rings. The van der Waals surface area contributed by atoms with Crippen LogP contribution in [0.25, 0.3) is 0 Å². The van der Waals surface area contributed by atoms with Crippen molar-refractivity contribution in [2.75, 3.05) is 6.54 Å². The van der Waals surface area contributed by atoms with Crippen LogP contribution in [-0.4, -0.2) is 24.7 Å². The van der Waals surface area contributed by atoms with Crippen molar-refractivity contribution in [1.29, 1.82) is 0 Å². The molecule has 0 radical (unpaired) electrons. The summed E-state index contributed by atoms with van der Waals surface area (Å²) in [6, 6.07) is 8.69. The lowest BCUT2D eigenvalue weighted by molar-refractivity contribution is 0.507. The molecule has 0 saturated heterocycles. The lowest BCUT2D eigenvalue weighted by Gasteiger charge is -2.14. The summed E-state index contributed by atoms with van der Waals surface area (Å²) >= 11 is 0. The van der Waals surface area contributed by atoms with Gasteiger partial charge in [-0.3, -0.25) is 4.68 Å². The smallest absolute Gasteiger partial charge is 0.238 e. The van der Waals surface area contributed by atoms with Crippen LogP contribution in [0.15, 0.2) is 47.6 Å². The van der Waals surface area contributed by atoms with E-state index in [1.165, 1.54) is 12.1 Å². The maximum Gasteiger partial charge on any atom is 0.238 e. The minimum Gasteiger partial charge on any atom is -0.310 e. The number of nitrogens with zero attached hydrogens (tertiary/aromatic N) is 2. The molecule has 0 saturated carbocycles. The van der Waals surface area contributed by atoms with E-state index in [2.05, 4.69) is 10.4 Å². The summed E-state index contributed by atoms with van der Waals surface area (Å²) in [5, 5.41) is 12.6. The Hall–Kier alpha value is -1.70. The van der Waals surface area contributed by atoms with Crippen LogP contribution >= 0.6 is 0 Å². The third-order valence-electron chi connectivity index (χ3n) is 3.28. The number of aryl methyl sites for hydroxylation is 1. The van der Waals surface area contributed by atoms with E-state index >= 15 is 0 Å². The first kappa shape index (κ1) is 15.7. The van der Waals surface area contributed by atoms with Gasteiger partial charge < -0.3 is 5.32 Å². The fourth-order valence-corrected chi connectivity index (χ4v) is 2.57. The van der Waals surface area contributed by atoms with Crippen LogP contribution in [0.5, 0.6) is 0 Å². The van der Waals surface area contributed by atoms with Gasteiger partial charge >= 0.3 is 0 Å². The molecule has 0 aliphatic rings. The quantitative estimate of drug-likeness (QED) is 0.754. The number of rotatable bonds is 7. The summed E-state index contributed by atoms with van der Waals surface area (Å²) in [5.74, 6) is 0. The van der Waals surface area contributed by atoms with Crippen molar-refractivity contribution >= 4 is 10.0 Å². The van der Waals surface area contributed by atoms with Crippen molar-refractivity contribution in [3.63, 3.8) is 0 Å². The van der Waals surface area contributed by atoms with Gasteiger partial charge in [0.15, 0.2) is 0 Å². The Balaban J connectivity index is 1.81. The fourth-order valence-electron chi connectivity index (χ4n) is 2.06. The highest BCUT2D eigenvalue weighted by molar-refractivity contribution is 7.89. The third kappa shape index (κ3) is 4.66. The van der Waals surface area contributed by atoms with E-state index in [-0.39, 0.29) is 10.9 Å². The largest absolute Gasteiger partial charge is 0.310 e. The van der Waals surface area contributed by atoms with Crippen molar-refractivity contribution in [1.82, 2.24) is 15.1 Å². The minimum absolute atomic E-state index is 0.136. The SMILES string of the molecule is CC(NCCCn1cccn1)c1ccc(S(N)(=O)=O)cc1. The van der Waals surface area contributed by atoms with Gasteiger partial charge in [0.25, 0.3) is 0 Å². The molecular weight excluding hydrogens is 288 g/mol. The van der Waals surface area contributed by atoms with E-state index in [9.17, 15) is 8.42 Å². The van der Waals surface area contributed by atoms with Crippen molar-refractivity contribution in [2.24, 2.45) is 5.14 Å². The highest BCUT2D eigenvalue weighted by atomic mass is 32.2. The molecule has 3 N–H and O–H groups in total. The highest BCUT2D eigenvalue weighted by Gasteiger charge is 2.09. The first-order valence-corrected chi connectivity index (χ1v) is 8.35. The summed E-state index contributed by atoms with van der Waals surface area (Å²) < 4.78 is 24.3. The van der Waals surface area contributed by atoms with Gasteiger partial charge in [0.05, 0.1) is 4.90 Å². The molecule has 0 amide bonds. The number of hydrogen-bond acceptors (Lipinski definition) is 4. The van der Waals surface area contributed by atoms with E-state index in [0.717, 1.165) is 25.1 Å². The number of nitrogens with one attached hydrogen (secondary N) is 1. The summed E-state index contributed by atoms with van der Waals surface area (Å²) in [6.45, 7) is 3.77.